The lowest BCUT2D eigenvalue weighted by Crippen LogP contribution is -2.42. The highest BCUT2D eigenvalue weighted by atomic mass is 16.5. The molecule has 1 aliphatic rings. The monoisotopic (exact) mass is 444 g/mol. The van der Waals surface area contributed by atoms with Crippen LogP contribution in [0.25, 0.3) is 22.0 Å². The van der Waals surface area contributed by atoms with Gasteiger partial charge in [-0.15, -0.1) is 0 Å². The molecule has 3 aromatic carbocycles. The summed E-state index contributed by atoms with van der Waals surface area (Å²) in [5, 5.41) is 13.1. The molecular weight excluding hydrogens is 420 g/mol. The summed E-state index contributed by atoms with van der Waals surface area (Å²) >= 11 is 0. The fourth-order valence-corrected chi connectivity index (χ4v) is 4.41. The quantitative estimate of drug-likeness (QED) is 0.368. The molecule has 1 atom stereocenters. The molecule has 5 N–H and O–H groups in total. The van der Waals surface area contributed by atoms with Crippen molar-refractivity contribution in [2.45, 2.75) is 25.5 Å². The second-order valence-electron chi connectivity index (χ2n) is 7.95. The Morgan fingerprint density at radius 1 is 0.970 bits per heavy atom. The molecule has 0 saturated carbocycles. The van der Waals surface area contributed by atoms with Gasteiger partial charge in [-0.1, -0.05) is 60.7 Å². The zero-order chi connectivity index (χ0) is 22.1. The Morgan fingerprint density at radius 3 is 2.58 bits per heavy atom. The molecule has 1 aromatic heterocycles. The third-order valence-electron chi connectivity index (χ3n) is 6.00. The van der Waals surface area contributed by atoms with Crippen LogP contribution in [0.5, 0.6) is 0 Å². The first kappa shape index (κ1) is 22.1. The molecule has 1 unspecified atom stereocenters. The van der Waals surface area contributed by atoms with Gasteiger partial charge in [0.05, 0.1) is 0 Å². The number of benzene rings is 3. The second kappa shape index (κ2) is 9.18. The number of alkyl carbamates (subject to hydrolysis) is 1. The highest BCUT2D eigenvalue weighted by Gasteiger charge is 2.24. The number of para-hydroxylation sites is 1. The number of aromatic nitrogens is 1. The molecule has 7 heteroatoms. The van der Waals surface area contributed by atoms with E-state index in [2.05, 4.69) is 28.5 Å². The van der Waals surface area contributed by atoms with Crippen LogP contribution in [0.4, 0.5) is 4.79 Å². The first-order chi connectivity index (χ1) is 15.6. The number of fused-ring (bicyclic) bond motifs is 4. The first-order valence-electron chi connectivity index (χ1n) is 10.5. The number of ether oxygens (including phenoxy) is 1. The van der Waals surface area contributed by atoms with Crippen molar-refractivity contribution in [2.75, 3.05) is 0 Å². The summed E-state index contributed by atoms with van der Waals surface area (Å²) in [6, 6.07) is 20.8. The molecule has 33 heavy (non-hydrogen) atoms. The molecule has 0 saturated heterocycles. The molecule has 5 rings (SSSR count). The van der Waals surface area contributed by atoms with Gasteiger partial charge in [-0.05, 0) is 45.9 Å². The minimum Gasteiger partial charge on any atom is -0.480 e. The van der Waals surface area contributed by atoms with Gasteiger partial charge in [0.15, 0.2) is 0 Å². The van der Waals surface area contributed by atoms with Gasteiger partial charge in [0.25, 0.3) is 0 Å². The number of carboxylic acids is 1. The van der Waals surface area contributed by atoms with E-state index >= 15 is 0 Å². The highest BCUT2D eigenvalue weighted by Crippen LogP contribution is 2.38. The molecular formula is C26H24N2O5. The summed E-state index contributed by atoms with van der Waals surface area (Å²) in [7, 11) is 0. The summed E-state index contributed by atoms with van der Waals surface area (Å²) in [4.78, 5) is 27.3. The fourth-order valence-electron chi connectivity index (χ4n) is 4.41. The van der Waals surface area contributed by atoms with Gasteiger partial charge in [0.1, 0.15) is 12.6 Å². The van der Waals surface area contributed by atoms with Gasteiger partial charge in [0, 0.05) is 23.5 Å². The van der Waals surface area contributed by atoms with Gasteiger partial charge in [-0.2, -0.15) is 0 Å². The lowest BCUT2D eigenvalue weighted by molar-refractivity contribution is -0.139. The van der Waals surface area contributed by atoms with Crippen molar-refractivity contribution >= 4 is 23.0 Å². The predicted molar refractivity (Wildman–Crippen MR) is 125 cm³/mol. The minimum absolute atomic E-state index is 0. The normalized spacial score (nSPS) is 12.4. The molecule has 0 radical (unpaired) electrons. The zero-order valence-electron chi connectivity index (χ0n) is 17.8. The molecule has 1 heterocycles. The van der Waals surface area contributed by atoms with Crippen LogP contribution >= 0.6 is 0 Å². The molecule has 0 fully saturated rings. The van der Waals surface area contributed by atoms with Crippen molar-refractivity contribution in [3.63, 3.8) is 0 Å². The predicted octanol–water partition coefficient (Wildman–Crippen LogP) is 3.84. The summed E-state index contributed by atoms with van der Waals surface area (Å²) in [5.41, 5.74) is 7.44. The Labute approximate surface area is 190 Å². The van der Waals surface area contributed by atoms with Crippen LogP contribution in [0.3, 0.4) is 0 Å². The van der Waals surface area contributed by atoms with Crippen molar-refractivity contribution in [1.82, 2.24) is 10.3 Å². The van der Waals surface area contributed by atoms with E-state index in [-0.39, 0.29) is 18.5 Å². The van der Waals surface area contributed by atoms with E-state index in [9.17, 15) is 14.7 Å². The van der Waals surface area contributed by atoms with E-state index in [4.69, 9.17) is 4.74 Å². The van der Waals surface area contributed by atoms with Gasteiger partial charge in [0.2, 0.25) is 0 Å². The number of carboxylic acid groups (broad SMARTS) is 1. The number of aliphatic carboxylic acids is 1. The van der Waals surface area contributed by atoms with Crippen LogP contribution < -0.4 is 5.32 Å². The van der Waals surface area contributed by atoms with Crippen molar-refractivity contribution in [3.05, 3.63) is 95.2 Å². The largest absolute Gasteiger partial charge is 0.480 e. The van der Waals surface area contributed by atoms with E-state index in [1.165, 1.54) is 11.1 Å². The zero-order valence-corrected chi connectivity index (χ0v) is 17.8. The van der Waals surface area contributed by atoms with Gasteiger partial charge in [-0.25, -0.2) is 9.59 Å². The van der Waals surface area contributed by atoms with Crippen LogP contribution in [-0.2, 0) is 29.0 Å². The number of rotatable bonds is 6. The van der Waals surface area contributed by atoms with E-state index in [1.807, 2.05) is 48.5 Å². The molecule has 0 spiro atoms. The number of hydrogen-bond acceptors (Lipinski definition) is 3. The maximum Gasteiger partial charge on any atom is 0.408 e. The number of aromatic amines is 1. The smallest absolute Gasteiger partial charge is 0.408 e. The Morgan fingerprint density at radius 2 is 1.73 bits per heavy atom. The summed E-state index contributed by atoms with van der Waals surface area (Å²) in [5.74, 6) is -1.11. The van der Waals surface area contributed by atoms with Crippen LogP contribution in [-0.4, -0.2) is 33.7 Å². The lowest BCUT2D eigenvalue weighted by Gasteiger charge is -2.15. The number of hydrogen-bond donors (Lipinski definition) is 3. The van der Waals surface area contributed by atoms with Gasteiger partial charge < -0.3 is 25.6 Å². The van der Waals surface area contributed by atoms with Crippen LogP contribution in [0.2, 0.25) is 0 Å². The average Bonchev–Trinajstić information content (AvgIpc) is 3.39. The Balaban J connectivity index is 0.00000259. The fraction of sp³-hybridized carbons (Fsp3) is 0.154. The molecule has 7 nitrogen and oxygen atoms in total. The standard InChI is InChI=1S/C26H22N2O4.H2O/c29-25(30)24(13-18-14-27-23-11-4-3-9-20(18)23)28-26(31)32-15-17-7-5-10-21-19-8-2-1-6-16(19)12-22(17)21;/h1-11,14,24,27H,12-13,15H2,(H,28,31)(H,29,30);1H2. The van der Waals surface area contributed by atoms with Crippen molar-refractivity contribution in [1.29, 1.82) is 0 Å². The molecule has 0 aliphatic heterocycles. The van der Waals surface area contributed by atoms with Crippen LogP contribution in [0, 0.1) is 0 Å². The third kappa shape index (κ3) is 4.31. The van der Waals surface area contributed by atoms with E-state index in [1.54, 1.807) is 6.20 Å². The first-order valence-corrected chi connectivity index (χ1v) is 10.5. The number of amides is 1. The van der Waals surface area contributed by atoms with Crippen molar-refractivity contribution in [2.24, 2.45) is 0 Å². The maximum atomic E-state index is 12.4. The molecule has 168 valence electrons. The summed E-state index contributed by atoms with van der Waals surface area (Å²) in [6.07, 6.45) is 1.99. The van der Waals surface area contributed by atoms with E-state index in [0.717, 1.165) is 39.6 Å². The van der Waals surface area contributed by atoms with E-state index < -0.39 is 18.1 Å². The Hall–Kier alpha value is -4.10. The highest BCUT2D eigenvalue weighted by molar-refractivity contribution is 5.85. The lowest BCUT2D eigenvalue weighted by atomic mass is 10.0. The molecule has 0 bridgehead atoms. The van der Waals surface area contributed by atoms with Gasteiger partial charge in [-0.3, -0.25) is 0 Å². The number of nitrogens with one attached hydrogen (secondary N) is 2. The number of carbonyl (C=O) groups is 2. The number of carbonyl (C=O) groups excluding carboxylic acids is 1. The minimum atomic E-state index is -1.11. The average molecular weight is 444 g/mol. The third-order valence-corrected chi connectivity index (χ3v) is 6.00. The van der Waals surface area contributed by atoms with Crippen molar-refractivity contribution < 1.29 is 24.9 Å². The van der Waals surface area contributed by atoms with Crippen LogP contribution in [0.15, 0.2) is 72.9 Å². The second-order valence-corrected chi connectivity index (χ2v) is 7.95. The van der Waals surface area contributed by atoms with Crippen LogP contribution in [0.1, 0.15) is 22.3 Å². The summed E-state index contributed by atoms with van der Waals surface area (Å²) < 4.78 is 5.42. The maximum absolute atomic E-state index is 12.4. The topological polar surface area (TPSA) is 123 Å². The van der Waals surface area contributed by atoms with Crippen molar-refractivity contribution in [3.8, 4) is 11.1 Å². The summed E-state index contributed by atoms with van der Waals surface area (Å²) in [6.45, 7) is 0.0857. The number of H-pyrrole nitrogens is 1. The Kier molecular flexibility index (Phi) is 6.15. The molecule has 4 aromatic rings. The molecule has 1 aliphatic carbocycles. The molecule has 1 amide bonds. The Bertz CT molecular complexity index is 1330. The van der Waals surface area contributed by atoms with E-state index in [0.29, 0.717) is 0 Å². The van der Waals surface area contributed by atoms with Gasteiger partial charge >= 0.3 is 12.1 Å². The SMILES string of the molecule is O.O=C(NC(Cc1c[nH]c2ccccc12)C(=O)O)OCc1cccc2c1Cc1ccccc1-2.